The highest BCUT2D eigenvalue weighted by molar-refractivity contribution is 5.92. The number of amides is 1. The Balaban J connectivity index is 1.83. The molecule has 0 aliphatic carbocycles. The number of benzene rings is 2. The second-order valence-corrected chi connectivity index (χ2v) is 6.59. The smallest absolute Gasteiger partial charge is 0.226 e. The van der Waals surface area contributed by atoms with Gasteiger partial charge in [-0.3, -0.25) is 4.79 Å². The van der Waals surface area contributed by atoms with Crippen molar-refractivity contribution < 1.29 is 23.7 Å². The van der Waals surface area contributed by atoms with Gasteiger partial charge in [-0.2, -0.15) is 0 Å². The first-order chi connectivity index (χ1) is 14.6. The summed E-state index contributed by atoms with van der Waals surface area (Å²) in [5.41, 5.74) is 1.57. The largest absolute Gasteiger partial charge is 0.497 e. The third-order valence-corrected chi connectivity index (χ3v) is 4.82. The molecule has 2 aromatic carbocycles. The molecule has 3 rings (SSSR count). The average molecular weight is 410 g/mol. The third-order valence-electron chi connectivity index (χ3n) is 4.82. The number of anilines is 1. The van der Waals surface area contributed by atoms with Crippen LogP contribution in [0.15, 0.2) is 60.9 Å². The van der Waals surface area contributed by atoms with Gasteiger partial charge in [-0.25, -0.2) is 0 Å². The van der Waals surface area contributed by atoms with E-state index in [2.05, 4.69) is 5.32 Å². The minimum atomic E-state index is -0.159. The number of methoxy groups -OCH3 is 4. The van der Waals surface area contributed by atoms with Gasteiger partial charge in [0, 0.05) is 30.2 Å². The predicted molar refractivity (Wildman–Crippen MR) is 115 cm³/mol. The number of rotatable bonds is 9. The van der Waals surface area contributed by atoms with Gasteiger partial charge in [-0.05, 0) is 29.8 Å². The van der Waals surface area contributed by atoms with Crippen LogP contribution in [0.1, 0.15) is 18.0 Å². The molecule has 0 aliphatic rings. The van der Waals surface area contributed by atoms with Crippen LogP contribution in [0.25, 0.3) is 0 Å². The summed E-state index contributed by atoms with van der Waals surface area (Å²) >= 11 is 0. The van der Waals surface area contributed by atoms with Crippen molar-refractivity contribution in [3.8, 4) is 23.0 Å². The van der Waals surface area contributed by atoms with Crippen LogP contribution in [0.4, 0.5) is 5.69 Å². The Morgan fingerprint density at radius 2 is 1.50 bits per heavy atom. The first-order valence-corrected chi connectivity index (χ1v) is 9.45. The Hall–Kier alpha value is -3.61. The SMILES string of the molecule is COc1ccc([C@@H](CC(=O)Nc2cc(OC)c(OC)c(OC)c2)n2cccc2)cc1. The fourth-order valence-electron chi connectivity index (χ4n) is 3.32. The van der Waals surface area contributed by atoms with E-state index in [9.17, 15) is 4.79 Å². The van der Waals surface area contributed by atoms with E-state index in [1.165, 1.54) is 21.3 Å². The zero-order valence-corrected chi connectivity index (χ0v) is 17.5. The van der Waals surface area contributed by atoms with Gasteiger partial charge < -0.3 is 28.8 Å². The van der Waals surface area contributed by atoms with Crippen LogP contribution >= 0.6 is 0 Å². The van der Waals surface area contributed by atoms with Crippen molar-refractivity contribution in [3.63, 3.8) is 0 Å². The number of aromatic nitrogens is 1. The summed E-state index contributed by atoms with van der Waals surface area (Å²) in [7, 11) is 6.24. The lowest BCUT2D eigenvalue weighted by molar-refractivity contribution is -0.116. The van der Waals surface area contributed by atoms with E-state index in [1.807, 2.05) is 53.4 Å². The number of hydrogen-bond acceptors (Lipinski definition) is 5. The molecule has 0 radical (unpaired) electrons. The van der Waals surface area contributed by atoms with Crippen LogP contribution in [0.5, 0.6) is 23.0 Å². The van der Waals surface area contributed by atoms with E-state index >= 15 is 0 Å². The lowest BCUT2D eigenvalue weighted by Crippen LogP contribution is -2.19. The van der Waals surface area contributed by atoms with Crippen molar-refractivity contribution in [1.82, 2.24) is 4.57 Å². The molecule has 1 amide bonds. The molecule has 0 saturated heterocycles. The van der Waals surface area contributed by atoms with E-state index in [-0.39, 0.29) is 18.4 Å². The molecule has 0 fully saturated rings. The van der Waals surface area contributed by atoms with Crippen molar-refractivity contribution >= 4 is 11.6 Å². The summed E-state index contributed by atoms with van der Waals surface area (Å²) in [4.78, 5) is 12.9. The summed E-state index contributed by atoms with van der Waals surface area (Å²) in [5, 5.41) is 2.93. The zero-order valence-electron chi connectivity index (χ0n) is 17.5. The maximum Gasteiger partial charge on any atom is 0.226 e. The van der Waals surface area contributed by atoms with Gasteiger partial charge in [0.2, 0.25) is 11.7 Å². The highest BCUT2D eigenvalue weighted by atomic mass is 16.5. The lowest BCUT2D eigenvalue weighted by Gasteiger charge is -2.20. The van der Waals surface area contributed by atoms with Gasteiger partial charge in [0.1, 0.15) is 5.75 Å². The van der Waals surface area contributed by atoms with Crippen LogP contribution in [0.2, 0.25) is 0 Å². The monoisotopic (exact) mass is 410 g/mol. The van der Waals surface area contributed by atoms with Crippen molar-refractivity contribution in [2.24, 2.45) is 0 Å². The van der Waals surface area contributed by atoms with Crippen molar-refractivity contribution in [1.29, 1.82) is 0 Å². The number of nitrogens with one attached hydrogen (secondary N) is 1. The Kier molecular flexibility index (Phi) is 6.85. The first-order valence-electron chi connectivity index (χ1n) is 9.45. The summed E-state index contributed by atoms with van der Waals surface area (Å²) in [6.45, 7) is 0. The molecule has 7 nitrogen and oxygen atoms in total. The Bertz CT molecular complexity index is 943. The van der Waals surface area contributed by atoms with Crippen LogP contribution in [-0.2, 0) is 4.79 Å². The molecular weight excluding hydrogens is 384 g/mol. The summed E-state index contributed by atoms with van der Waals surface area (Å²) in [6, 6.07) is 14.8. The second-order valence-electron chi connectivity index (χ2n) is 6.59. The van der Waals surface area contributed by atoms with Gasteiger partial charge in [-0.15, -0.1) is 0 Å². The molecule has 30 heavy (non-hydrogen) atoms. The number of hydrogen-bond donors (Lipinski definition) is 1. The maximum absolute atomic E-state index is 12.9. The number of ether oxygens (including phenoxy) is 4. The molecule has 0 saturated carbocycles. The molecule has 158 valence electrons. The Labute approximate surface area is 176 Å². The molecule has 1 aromatic heterocycles. The number of carbonyl (C=O) groups excluding carboxylic acids is 1. The van der Waals surface area contributed by atoms with Crippen LogP contribution in [-0.4, -0.2) is 38.9 Å². The average Bonchev–Trinajstić information content (AvgIpc) is 3.31. The normalized spacial score (nSPS) is 11.5. The molecule has 1 atom stereocenters. The van der Waals surface area contributed by atoms with E-state index in [1.54, 1.807) is 19.2 Å². The summed E-state index contributed by atoms with van der Waals surface area (Å²) in [5.74, 6) is 2.06. The maximum atomic E-state index is 12.9. The molecular formula is C23H26N2O5. The molecule has 0 unspecified atom stereocenters. The summed E-state index contributed by atoms with van der Waals surface area (Å²) in [6.07, 6.45) is 4.14. The zero-order chi connectivity index (χ0) is 21.5. The fourth-order valence-corrected chi connectivity index (χ4v) is 3.32. The van der Waals surface area contributed by atoms with Crippen LogP contribution in [0, 0.1) is 0 Å². The van der Waals surface area contributed by atoms with Gasteiger partial charge >= 0.3 is 0 Å². The molecule has 1 heterocycles. The molecule has 0 bridgehead atoms. The van der Waals surface area contributed by atoms with Gasteiger partial charge in [0.25, 0.3) is 0 Å². The van der Waals surface area contributed by atoms with E-state index in [0.717, 1.165) is 11.3 Å². The number of carbonyl (C=O) groups is 1. The van der Waals surface area contributed by atoms with Crippen molar-refractivity contribution in [2.75, 3.05) is 33.8 Å². The second kappa shape index (κ2) is 9.73. The quantitative estimate of drug-likeness (QED) is 0.574. The molecule has 0 aliphatic heterocycles. The predicted octanol–water partition coefficient (Wildman–Crippen LogP) is 4.14. The minimum absolute atomic E-state index is 0.140. The van der Waals surface area contributed by atoms with Crippen LogP contribution in [0.3, 0.4) is 0 Å². The third kappa shape index (κ3) is 4.68. The standard InChI is InChI=1S/C23H26N2O5/c1-27-18-9-7-16(8-10-18)19(25-11-5-6-12-25)15-22(26)24-17-13-20(28-2)23(30-4)21(14-17)29-3/h5-14,19H,15H2,1-4H3,(H,24,26)/t19-/m1/s1. The van der Waals surface area contributed by atoms with Crippen molar-refractivity contribution in [2.45, 2.75) is 12.5 Å². The lowest BCUT2D eigenvalue weighted by atomic mass is 10.0. The molecule has 0 spiro atoms. The van der Waals surface area contributed by atoms with Crippen molar-refractivity contribution in [3.05, 3.63) is 66.5 Å². The Morgan fingerprint density at radius 3 is 2.00 bits per heavy atom. The molecule has 1 N–H and O–H groups in total. The highest BCUT2D eigenvalue weighted by Crippen LogP contribution is 2.40. The summed E-state index contributed by atoms with van der Waals surface area (Å²) < 4.78 is 23.3. The molecule has 3 aromatic rings. The Morgan fingerprint density at radius 1 is 0.900 bits per heavy atom. The van der Waals surface area contributed by atoms with Gasteiger partial charge in [0.05, 0.1) is 40.9 Å². The highest BCUT2D eigenvalue weighted by Gasteiger charge is 2.19. The minimum Gasteiger partial charge on any atom is -0.497 e. The first kappa shape index (κ1) is 21.1. The van der Waals surface area contributed by atoms with E-state index in [4.69, 9.17) is 18.9 Å². The molecule has 7 heteroatoms. The topological polar surface area (TPSA) is 71.0 Å². The van der Waals surface area contributed by atoms with Crippen LogP contribution < -0.4 is 24.3 Å². The van der Waals surface area contributed by atoms with Gasteiger partial charge in [-0.1, -0.05) is 12.1 Å². The fraction of sp³-hybridized carbons (Fsp3) is 0.261. The van der Waals surface area contributed by atoms with E-state index in [0.29, 0.717) is 22.9 Å². The number of nitrogens with zero attached hydrogens (tertiary/aromatic N) is 1. The van der Waals surface area contributed by atoms with E-state index < -0.39 is 0 Å². The van der Waals surface area contributed by atoms with Gasteiger partial charge in [0.15, 0.2) is 11.5 Å².